The van der Waals surface area contributed by atoms with Gasteiger partial charge >= 0.3 is 0 Å². The third kappa shape index (κ3) is 4.52. The maximum Gasteiger partial charge on any atom is 0.220 e. The summed E-state index contributed by atoms with van der Waals surface area (Å²) in [7, 11) is 0. The van der Waals surface area contributed by atoms with Gasteiger partial charge in [0.2, 0.25) is 5.91 Å². The lowest BCUT2D eigenvalue weighted by Gasteiger charge is -2.14. The monoisotopic (exact) mass is 379 g/mol. The highest BCUT2D eigenvalue weighted by molar-refractivity contribution is 5.97. The highest BCUT2D eigenvalue weighted by atomic mass is 19.1. The smallest absolute Gasteiger partial charge is 0.220 e. The second-order valence-electron chi connectivity index (χ2n) is 6.66. The predicted molar refractivity (Wildman–Crippen MR) is 105 cm³/mol. The van der Waals surface area contributed by atoms with Gasteiger partial charge in [0.1, 0.15) is 5.82 Å². The van der Waals surface area contributed by atoms with Gasteiger partial charge in [-0.1, -0.05) is 36.4 Å². The Hall–Kier alpha value is -3.28. The Morgan fingerprint density at radius 1 is 1.11 bits per heavy atom. The van der Waals surface area contributed by atoms with E-state index in [9.17, 15) is 14.0 Å². The minimum atomic E-state index is -0.335. The molecule has 1 amide bonds. The molecule has 0 fully saturated rings. The molecule has 0 spiro atoms. The first-order valence-corrected chi connectivity index (χ1v) is 9.14. The van der Waals surface area contributed by atoms with E-state index in [1.165, 1.54) is 12.1 Å². The van der Waals surface area contributed by atoms with Crippen LogP contribution >= 0.6 is 0 Å². The molecule has 0 aliphatic carbocycles. The summed E-state index contributed by atoms with van der Waals surface area (Å²) in [5, 5.41) is 7.22. The Kier molecular flexibility index (Phi) is 5.99. The number of amides is 1. The summed E-state index contributed by atoms with van der Waals surface area (Å²) in [6, 6.07) is 14.8. The quantitative estimate of drug-likeness (QED) is 0.627. The Bertz CT molecular complexity index is 982. The van der Waals surface area contributed by atoms with Crippen molar-refractivity contribution >= 4 is 11.7 Å². The minimum Gasteiger partial charge on any atom is -0.349 e. The fraction of sp³-hybridized carbons (Fsp3) is 0.227. The summed E-state index contributed by atoms with van der Waals surface area (Å²) < 4.78 is 15.1. The van der Waals surface area contributed by atoms with Gasteiger partial charge in [0.25, 0.3) is 0 Å². The molecule has 2 aromatic carbocycles. The molecule has 0 unspecified atom stereocenters. The lowest BCUT2D eigenvalue weighted by molar-refractivity contribution is -0.121. The maximum absolute atomic E-state index is 13.5. The van der Waals surface area contributed by atoms with E-state index in [0.717, 1.165) is 11.3 Å². The molecule has 0 saturated heterocycles. The number of carbonyl (C=O) groups excluding carboxylic acids is 2. The lowest BCUT2D eigenvalue weighted by Crippen LogP contribution is -2.27. The van der Waals surface area contributed by atoms with Crippen LogP contribution in [0.1, 0.15) is 47.4 Å². The maximum atomic E-state index is 13.5. The molecular formula is C22H22FN3O2. The number of benzene rings is 2. The summed E-state index contributed by atoms with van der Waals surface area (Å²) in [4.78, 5) is 24.4. The van der Waals surface area contributed by atoms with Gasteiger partial charge < -0.3 is 5.32 Å². The van der Waals surface area contributed by atoms with Crippen LogP contribution < -0.4 is 5.32 Å². The summed E-state index contributed by atoms with van der Waals surface area (Å²) in [5.41, 5.74) is 2.89. The van der Waals surface area contributed by atoms with Crippen molar-refractivity contribution in [3.63, 3.8) is 0 Å². The van der Waals surface area contributed by atoms with E-state index in [2.05, 4.69) is 10.4 Å². The molecule has 1 N–H and O–H groups in total. The third-order valence-corrected chi connectivity index (χ3v) is 4.62. The number of Topliss-reactive ketones (excluding diaryl/α,β-unsaturated/α-hetero) is 1. The summed E-state index contributed by atoms with van der Waals surface area (Å²) >= 11 is 0. The van der Waals surface area contributed by atoms with Gasteiger partial charge in [-0.15, -0.1) is 0 Å². The van der Waals surface area contributed by atoms with Crippen molar-refractivity contribution in [1.29, 1.82) is 0 Å². The van der Waals surface area contributed by atoms with Crippen molar-refractivity contribution in [3.05, 3.63) is 83.4 Å². The third-order valence-electron chi connectivity index (χ3n) is 4.62. The van der Waals surface area contributed by atoms with Crippen LogP contribution in [-0.2, 0) is 4.79 Å². The largest absolute Gasteiger partial charge is 0.349 e. The SMILES string of the molecule is Cc1c([C@H](C)NC(=O)CCC(=O)c2ccccc2)cnn1-c1cccc(F)c1. The molecule has 5 nitrogen and oxygen atoms in total. The molecule has 144 valence electrons. The average Bonchev–Trinajstić information content (AvgIpc) is 3.08. The van der Waals surface area contributed by atoms with Gasteiger partial charge in [0.15, 0.2) is 5.78 Å². The molecule has 0 aliphatic rings. The highest BCUT2D eigenvalue weighted by Gasteiger charge is 2.17. The Labute approximate surface area is 163 Å². The lowest BCUT2D eigenvalue weighted by atomic mass is 10.1. The number of nitrogens with one attached hydrogen (secondary N) is 1. The van der Waals surface area contributed by atoms with E-state index in [4.69, 9.17) is 0 Å². The van der Waals surface area contributed by atoms with E-state index in [1.54, 1.807) is 47.3 Å². The molecule has 0 radical (unpaired) electrons. The van der Waals surface area contributed by atoms with Crippen LogP contribution in [0.5, 0.6) is 0 Å². The zero-order chi connectivity index (χ0) is 20.1. The minimum absolute atomic E-state index is 0.0569. The number of carbonyl (C=O) groups is 2. The Balaban J connectivity index is 1.61. The van der Waals surface area contributed by atoms with Crippen molar-refractivity contribution < 1.29 is 14.0 Å². The Morgan fingerprint density at radius 3 is 2.57 bits per heavy atom. The number of hydrogen-bond acceptors (Lipinski definition) is 3. The van der Waals surface area contributed by atoms with Gasteiger partial charge in [-0.3, -0.25) is 9.59 Å². The van der Waals surface area contributed by atoms with Crippen LogP contribution in [-0.4, -0.2) is 21.5 Å². The normalized spacial score (nSPS) is 11.8. The average molecular weight is 379 g/mol. The molecule has 28 heavy (non-hydrogen) atoms. The van der Waals surface area contributed by atoms with Gasteiger partial charge in [-0.05, 0) is 32.0 Å². The molecule has 0 saturated carbocycles. The predicted octanol–water partition coefficient (Wildman–Crippen LogP) is 4.16. The fourth-order valence-corrected chi connectivity index (χ4v) is 3.10. The standard InChI is InChI=1S/C22H22FN3O2/c1-15(25-22(28)12-11-21(27)17-7-4-3-5-8-17)20-14-24-26(16(20)2)19-10-6-9-18(23)13-19/h3-10,13-15H,11-12H2,1-2H3,(H,25,28)/t15-/m0/s1. The van der Waals surface area contributed by atoms with E-state index in [1.807, 2.05) is 19.9 Å². The Morgan fingerprint density at radius 2 is 1.86 bits per heavy atom. The zero-order valence-corrected chi connectivity index (χ0v) is 15.9. The first kappa shape index (κ1) is 19.5. The van der Waals surface area contributed by atoms with Crippen molar-refractivity contribution in [2.75, 3.05) is 0 Å². The van der Waals surface area contributed by atoms with E-state index >= 15 is 0 Å². The van der Waals surface area contributed by atoms with Crippen LogP contribution in [0.25, 0.3) is 5.69 Å². The van der Waals surface area contributed by atoms with Crippen molar-refractivity contribution in [2.45, 2.75) is 32.7 Å². The molecule has 1 atom stereocenters. The molecular weight excluding hydrogens is 357 g/mol. The molecule has 3 aromatic rings. The van der Waals surface area contributed by atoms with Crippen LogP contribution in [0.4, 0.5) is 4.39 Å². The van der Waals surface area contributed by atoms with Gasteiger partial charge in [-0.2, -0.15) is 5.10 Å². The second-order valence-corrected chi connectivity index (χ2v) is 6.66. The van der Waals surface area contributed by atoms with Crippen LogP contribution in [0.15, 0.2) is 60.8 Å². The summed E-state index contributed by atoms with van der Waals surface area (Å²) in [5.74, 6) is -0.591. The molecule has 0 bridgehead atoms. The first-order chi connectivity index (χ1) is 13.5. The summed E-state index contributed by atoms with van der Waals surface area (Å²) in [6.45, 7) is 3.73. The van der Waals surface area contributed by atoms with Crippen molar-refractivity contribution in [2.24, 2.45) is 0 Å². The zero-order valence-electron chi connectivity index (χ0n) is 15.9. The number of hydrogen-bond donors (Lipinski definition) is 1. The van der Waals surface area contributed by atoms with E-state index in [-0.39, 0.29) is 36.4 Å². The van der Waals surface area contributed by atoms with Gasteiger partial charge in [-0.25, -0.2) is 9.07 Å². The van der Waals surface area contributed by atoms with Crippen LogP contribution in [0.3, 0.4) is 0 Å². The molecule has 6 heteroatoms. The van der Waals surface area contributed by atoms with Gasteiger partial charge in [0.05, 0.1) is 17.9 Å². The fourth-order valence-electron chi connectivity index (χ4n) is 3.10. The number of rotatable bonds is 7. The molecule has 1 aromatic heterocycles. The van der Waals surface area contributed by atoms with Crippen molar-refractivity contribution in [1.82, 2.24) is 15.1 Å². The van der Waals surface area contributed by atoms with Gasteiger partial charge in [0, 0.05) is 29.7 Å². The first-order valence-electron chi connectivity index (χ1n) is 9.14. The number of nitrogens with zero attached hydrogens (tertiary/aromatic N) is 2. The number of ketones is 1. The molecule has 1 heterocycles. The second kappa shape index (κ2) is 8.61. The summed E-state index contributed by atoms with van der Waals surface area (Å²) in [6.07, 6.45) is 1.94. The number of aromatic nitrogens is 2. The van der Waals surface area contributed by atoms with Crippen molar-refractivity contribution in [3.8, 4) is 5.69 Å². The highest BCUT2D eigenvalue weighted by Crippen LogP contribution is 2.20. The van der Waals surface area contributed by atoms with Crippen LogP contribution in [0, 0.1) is 12.7 Å². The van der Waals surface area contributed by atoms with E-state index < -0.39 is 0 Å². The van der Waals surface area contributed by atoms with E-state index in [0.29, 0.717) is 11.3 Å². The number of halogens is 1. The topological polar surface area (TPSA) is 64.0 Å². The van der Waals surface area contributed by atoms with Crippen LogP contribution in [0.2, 0.25) is 0 Å². The molecule has 3 rings (SSSR count). The molecule has 0 aliphatic heterocycles.